The first kappa shape index (κ1) is 28.5. The number of aromatic amines is 1. The normalized spacial score (nSPS) is 27.1. The molecule has 4 aromatic carbocycles. The van der Waals surface area contributed by atoms with Crippen LogP contribution in [0.15, 0.2) is 107 Å². The summed E-state index contributed by atoms with van der Waals surface area (Å²) >= 11 is 2.85. The predicted octanol–water partition coefficient (Wildman–Crippen LogP) is 6.29. The third-order valence-electron chi connectivity index (χ3n) is 10.4. The molecule has 5 aromatic rings. The smallest absolute Gasteiger partial charge is 0.305 e. The fourth-order valence-electron chi connectivity index (χ4n) is 8.67. The molecule has 3 heterocycles. The SMILES string of the molecule is O=C(COc1ccccc1[C@@H]1c2sc(=O)[nH]c2S[C@@H]2[C@@H]3C[C@@H]([C@@H]4C(=O)N(c5ccccc5)C(=O)[C@@H]34)[C@H]12)Nc1ccc2ccccc2c1. The van der Waals surface area contributed by atoms with Crippen molar-refractivity contribution >= 4 is 63.0 Å². The lowest BCUT2D eigenvalue weighted by atomic mass is 9.68. The van der Waals surface area contributed by atoms with Crippen LogP contribution in [0.2, 0.25) is 0 Å². The molecule has 0 radical (unpaired) electrons. The molecule has 2 N–H and O–H groups in total. The van der Waals surface area contributed by atoms with Crippen molar-refractivity contribution in [2.45, 2.75) is 22.6 Å². The van der Waals surface area contributed by atoms with Crippen LogP contribution in [0.3, 0.4) is 0 Å². The van der Waals surface area contributed by atoms with Crippen molar-refractivity contribution in [3.8, 4) is 5.75 Å². The van der Waals surface area contributed by atoms with Crippen LogP contribution in [0.4, 0.5) is 11.4 Å². The van der Waals surface area contributed by atoms with Crippen LogP contribution in [0.25, 0.3) is 10.8 Å². The number of nitrogens with one attached hydrogen (secondary N) is 2. The summed E-state index contributed by atoms with van der Waals surface area (Å²) in [6.45, 7) is -0.189. The molecule has 2 aliphatic carbocycles. The van der Waals surface area contributed by atoms with Crippen molar-refractivity contribution in [3.05, 3.63) is 117 Å². The largest absolute Gasteiger partial charge is 0.483 e. The van der Waals surface area contributed by atoms with Gasteiger partial charge in [0.25, 0.3) is 5.91 Å². The second kappa shape index (κ2) is 11.0. The molecule has 1 aromatic heterocycles. The first-order chi connectivity index (χ1) is 23.0. The highest BCUT2D eigenvalue weighted by Gasteiger charge is 2.69. The van der Waals surface area contributed by atoms with Crippen molar-refractivity contribution in [1.82, 2.24) is 4.98 Å². The summed E-state index contributed by atoms with van der Waals surface area (Å²) in [6, 6.07) is 30.6. The second-order valence-electron chi connectivity index (χ2n) is 12.7. The number of hydrogen-bond donors (Lipinski definition) is 2. The minimum atomic E-state index is -0.393. The van der Waals surface area contributed by atoms with Crippen LogP contribution < -0.4 is 19.8 Å². The van der Waals surface area contributed by atoms with Gasteiger partial charge in [-0.25, -0.2) is 0 Å². The van der Waals surface area contributed by atoms with Crippen LogP contribution in [-0.4, -0.2) is 34.6 Å². The highest BCUT2D eigenvalue weighted by atomic mass is 32.2. The molecular formula is C37H29N3O5S2. The van der Waals surface area contributed by atoms with Gasteiger partial charge >= 0.3 is 4.87 Å². The number of imide groups is 1. The summed E-state index contributed by atoms with van der Waals surface area (Å²) in [6.07, 6.45) is 0.796. The Morgan fingerprint density at radius 3 is 2.40 bits per heavy atom. The number of hydrogen-bond acceptors (Lipinski definition) is 7. The molecule has 10 heteroatoms. The van der Waals surface area contributed by atoms with Gasteiger partial charge in [-0.1, -0.05) is 78.1 Å². The highest BCUT2D eigenvalue weighted by Crippen LogP contribution is 2.69. The highest BCUT2D eigenvalue weighted by molar-refractivity contribution is 8.00. The number of benzene rings is 4. The monoisotopic (exact) mass is 659 g/mol. The quantitative estimate of drug-likeness (QED) is 0.208. The van der Waals surface area contributed by atoms with Crippen LogP contribution in [0.5, 0.6) is 5.75 Å². The van der Waals surface area contributed by atoms with Crippen LogP contribution >= 0.6 is 23.1 Å². The number of para-hydroxylation sites is 2. The first-order valence-corrected chi connectivity index (χ1v) is 17.5. The van der Waals surface area contributed by atoms with Gasteiger partial charge in [-0.2, -0.15) is 0 Å². The Hall–Kier alpha value is -4.67. The standard InChI is InChI=1S/C37H29N3O5S2/c41-27(38-21-15-14-19-8-4-5-9-20(19)16-21)18-45-26-13-7-6-12-23(26)28-29-24-17-25(32(29)46-34-33(28)47-37(44)39-34)31-30(24)35(42)40(36(31)43)22-10-2-1-3-11-22/h1-16,24-25,28-32H,17-18H2,(H,38,41)(H,39,44)/t24-,25-,28+,29-,30+,31+,32-/m1/s1. The van der Waals surface area contributed by atoms with E-state index in [0.717, 1.165) is 32.7 Å². The van der Waals surface area contributed by atoms with Gasteiger partial charge in [0.15, 0.2) is 6.61 Å². The zero-order chi connectivity index (χ0) is 31.8. The van der Waals surface area contributed by atoms with Crippen LogP contribution in [-0.2, 0) is 14.4 Å². The van der Waals surface area contributed by atoms with E-state index < -0.39 is 5.92 Å². The zero-order valence-corrected chi connectivity index (χ0v) is 26.6. The second-order valence-corrected chi connectivity index (χ2v) is 14.9. The lowest BCUT2D eigenvalue weighted by molar-refractivity contribution is -0.123. The van der Waals surface area contributed by atoms with Gasteiger partial charge in [-0.05, 0) is 65.3 Å². The molecule has 2 bridgehead atoms. The Kier molecular flexibility index (Phi) is 6.65. The number of nitrogens with zero attached hydrogens (tertiary/aromatic N) is 1. The number of H-pyrrole nitrogens is 1. The topological polar surface area (TPSA) is 109 Å². The van der Waals surface area contributed by atoms with Gasteiger partial charge in [0.2, 0.25) is 11.8 Å². The Balaban J connectivity index is 1.03. The summed E-state index contributed by atoms with van der Waals surface area (Å²) in [7, 11) is 0. The average Bonchev–Trinajstić information content (AvgIpc) is 3.83. The van der Waals surface area contributed by atoms with E-state index >= 15 is 0 Å². The van der Waals surface area contributed by atoms with E-state index in [1.807, 2.05) is 97.1 Å². The molecule has 234 valence electrons. The van der Waals surface area contributed by atoms with Crippen LogP contribution in [0, 0.1) is 29.6 Å². The number of rotatable bonds is 6. The number of carbonyl (C=O) groups is 3. The molecule has 9 rings (SSSR count). The van der Waals surface area contributed by atoms with E-state index in [9.17, 15) is 19.2 Å². The van der Waals surface area contributed by atoms with Crippen molar-refractivity contribution < 1.29 is 19.1 Å². The molecule has 0 spiro atoms. The molecule has 3 fully saturated rings. The maximum atomic E-state index is 14.0. The summed E-state index contributed by atoms with van der Waals surface area (Å²) in [5, 5.41) is 5.96. The van der Waals surface area contributed by atoms with Crippen LogP contribution in [0.1, 0.15) is 22.8 Å². The third-order valence-corrected chi connectivity index (χ3v) is 13.0. The minimum Gasteiger partial charge on any atom is -0.483 e. The van der Waals surface area contributed by atoms with E-state index in [0.29, 0.717) is 17.1 Å². The molecular weight excluding hydrogens is 631 g/mol. The van der Waals surface area contributed by atoms with E-state index in [1.54, 1.807) is 11.8 Å². The molecule has 2 saturated carbocycles. The maximum Gasteiger partial charge on any atom is 0.305 e. The minimum absolute atomic E-state index is 0.0185. The van der Waals surface area contributed by atoms with E-state index in [-0.39, 0.29) is 64.0 Å². The molecule has 47 heavy (non-hydrogen) atoms. The first-order valence-electron chi connectivity index (χ1n) is 15.8. The van der Waals surface area contributed by atoms with E-state index in [4.69, 9.17) is 4.74 Å². The number of aromatic nitrogens is 1. The number of ether oxygens (including phenoxy) is 1. The number of carbonyl (C=O) groups excluding carboxylic acids is 3. The Morgan fingerprint density at radius 2 is 1.57 bits per heavy atom. The van der Waals surface area contributed by atoms with Gasteiger partial charge in [0, 0.05) is 27.3 Å². The van der Waals surface area contributed by atoms with Gasteiger partial charge in [-0.3, -0.25) is 24.1 Å². The van der Waals surface area contributed by atoms with Gasteiger partial charge < -0.3 is 15.0 Å². The van der Waals surface area contributed by atoms with E-state index in [2.05, 4.69) is 10.3 Å². The molecule has 2 aliphatic heterocycles. The van der Waals surface area contributed by atoms with Gasteiger partial charge in [-0.15, -0.1) is 11.8 Å². The fraction of sp³-hybridized carbons (Fsp3) is 0.243. The van der Waals surface area contributed by atoms with Gasteiger partial charge in [0.1, 0.15) is 5.75 Å². The predicted molar refractivity (Wildman–Crippen MR) is 182 cm³/mol. The maximum absolute atomic E-state index is 14.0. The fourth-order valence-corrected chi connectivity index (χ4v) is 11.6. The van der Waals surface area contributed by atoms with Gasteiger partial charge in [0.05, 0.1) is 22.5 Å². The molecule has 0 unspecified atom stereocenters. The lowest BCUT2D eigenvalue weighted by Crippen LogP contribution is -2.42. The third kappa shape index (κ3) is 4.49. The summed E-state index contributed by atoms with van der Waals surface area (Å²) in [4.78, 5) is 58.9. The summed E-state index contributed by atoms with van der Waals surface area (Å²) in [5.41, 5.74) is 2.20. The molecule has 3 amide bonds. The molecule has 7 atom stereocenters. The zero-order valence-electron chi connectivity index (χ0n) is 25.0. The Morgan fingerprint density at radius 1 is 0.851 bits per heavy atom. The van der Waals surface area contributed by atoms with Crippen molar-refractivity contribution in [2.24, 2.45) is 29.6 Å². The Bertz CT molecular complexity index is 2140. The molecule has 1 saturated heterocycles. The molecule has 4 aliphatic rings. The van der Waals surface area contributed by atoms with Crippen molar-refractivity contribution in [1.29, 1.82) is 0 Å². The van der Waals surface area contributed by atoms with E-state index in [1.165, 1.54) is 16.2 Å². The molecule has 8 nitrogen and oxygen atoms in total. The summed E-state index contributed by atoms with van der Waals surface area (Å²) in [5.74, 6) is -0.894. The number of anilines is 2. The Labute approximate surface area is 278 Å². The average molecular weight is 660 g/mol. The number of thioether (sulfide) groups is 1. The number of thiazole rings is 1. The number of amides is 3. The number of fused-ring (bicyclic) bond motifs is 10. The van der Waals surface area contributed by atoms with Crippen molar-refractivity contribution in [3.63, 3.8) is 0 Å². The summed E-state index contributed by atoms with van der Waals surface area (Å²) < 4.78 is 6.23. The van der Waals surface area contributed by atoms with Crippen molar-refractivity contribution in [2.75, 3.05) is 16.8 Å². The lowest BCUT2D eigenvalue weighted by Gasteiger charge is -2.43.